The molecule has 5 atom stereocenters. The molecule has 1 fully saturated rings. The number of nitrogens with one attached hydrogen (secondary N) is 1. The first-order valence-corrected chi connectivity index (χ1v) is 14.4. The molecule has 0 saturated carbocycles. The van der Waals surface area contributed by atoms with Crippen molar-refractivity contribution in [1.29, 1.82) is 0 Å². The van der Waals surface area contributed by atoms with Crippen LogP contribution in [0.2, 0.25) is 0 Å². The van der Waals surface area contributed by atoms with Gasteiger partial charge < -0.3 is 28.4 Å². The van der Waals surface area contributed by atoms with Crippen LogP contribution >= 0.6 is 0 Å². The standard InChI is InChI=1S/C32H32N2O12/c1-16-13-34(31(39)33-29(16)38)30-28(45-19(4)37)27(44-18(3)36)26(43-17(2)35)25(46-30)15-42-32(40)41-14-24-22-11-7-5-9-20(22)21-10-6-8-12-23(21)24/h5-13,24-28,30H,14-15H2,1-4H3,(H,33,38,39)/t25-,26-,27+,28-,30-/m1/s1. The van der Waals surface area contributed by atoms with Gasteiger partial charge in [-0.05, 0) is 29.2 Å². The Balaban J connectivity index is 1.40. The molecule has 0 bridgehead atoms. The molecule has 0 radical (unpaired) electrons. The molecule has 2 aromatic carbocycles. The van der Waals surface area contributed by atoms with Crippen LogP contribution in [0.25, 0.3) is 11.1 Å². The lowest BCUT2D eigenvalue weighted by atomic mass is 9.97. The Morgan fingerprint density at radius 3 is 1.87 bits per heavy atom. The summed E-state index contributed by atoms with van der Waals surface area (Å²) in [7, 11) is 0. The lowest BCUT2D eigenvalue weighted by Gasteiger charge is -2.44. The summed E-state index contributed by atoms with van der Waals surface area (Å²) in [6.45, 7) is 4.06. The van der Waals surface area contributed by atoms with E-state index in [0.29, 0.717) is 0 Å². The van der Waals surface area contributed by atoms with Crippen molar-refractivity contribution in [3.8, 4) is 11.1 Å². The van der Waals surface area contributed by atoms with Crippen molar-refractivity contribution >= 4 is 24.1 Å². The van der Waals surface area contributed by atoms with Crippen molar-refractivity contribution < 1.29 is 47.6 Å². The van der Waals surface area contributed by atoms with E-state index in [2.05, 4.69) is 4.98 Å². The molecule has 2 heterocycles. The van der Waals surface area contributed by atoms with Gasteiger partial charge in [0.2, 0.25) is 0 Å². The number of H-pyrrole nitrogens is 1. The molecule has 3 aromatic rings. The summed E-state index contributed by atoms with van der Waals surface area (Å²) in [5.74, 6) is -2.72. The number of carbonyl (C=O) groups is 4. The maximum absolute atomic E-state index is 12.9. The van der Waals surface area contributed by atoms with E-state index in [1.165, 1.54) is 13.1 Å². The van der Waals surface area contributed by atoms with E-state index in [0.717, 1.165) is 47.6 Å². The molecule has 46 heavy (non-hydrogen) atoms. The number of esters is 3. The summed E-state index contributed by atoms with van der Waals surface area (Å²) >= 11 is 0. The van der Waals surface area contributed by atoms with E-state index in [-0.39, 0.29) is 18.1 Å². The normalized spacial score (nSPS) is 21.8. The van der Waals surface area contributed by atoms with Crippen molar-refractivity contribution in [1.82, 2.24) is 9.55 Å². The predicted octanol–water partition coefficient (Wildman–Crippen LogP) is 2.50. The van der Waals surface area contributed by atoms with Gasteiger partial charge in [0.05, 0.1) is 0 Å². The molecular weight excluding hydrogens is 604 g/mol. The van der Waals surface area contributed by atoms with Gasteiger partial charge in [-0.2, -0.15) is 0 Å². The van der Waals surface area contributed by atoms with E-state index < -0.39 is 72.6 Å². The first kappa shape index (κ1) is 32.2. The van der Waals surface area contributed by atoms with Crippen LogP contribution in [0.1, 0.15) is 49.6 Å². The quantitative estimate of drug-likeness (QED) is 0.283. The fraction of sp³-hybridized carbons (Fsp3) is 0.375. The molecule has 242 valence electrons. The van der Waals surface area contributed by atoms with Crippen LogP contribution in [-0.2, 0) is 42.8 Å². The highest BCUT2D eigenvalue weighted by molar-refractivity contribution is 5.79. The van der Waals surface area contributed by atoms with Crippen molar-refractivity contribution in [3.05, 3.63) is 92.3 Å². The molecule has 2 aliphatic rings. The second kappa shape index (κ2) is 13.4. The number of hydrogen-bond acceptors (Lipinski definition) is 12. The molecule has 1 aromatic heterocycles. The largest absolute Gasteiger partial charge is 0.508 e. The van der Waals surface area contributed by atoms with Gasteiger partial charge in [-0.25, -0.2) is 9.59 Å². The summed E-state index contributed by atoms with van der Waals surface area (Å²) in [6, 6.07) is 15.6. The van der Waals surface area contributed by atoms with Gasteiger partial charge in [0.25, 0.3) is 5.56 Å². The highest BCUT2D eigenvalue weighted by atomic mass is 16.7. The van der Waals surface area contributed by atoms with E-state index in [1.54, 1.807) is 0 Å². The van der Waals surface area contributed by atoms with Gasteiger partial charge in [-0.15, -0.1) is 0 Å². The SMILES string of the molecule is CC(=O)O[C@@H]1[C@@H](OC(C)=O)[C@H](n2cc(C)c(=O)[nH]c2=O)O[C@H](COC(=O)OCC2c3ccccc3-c3ccccc32)[C@H]1OC(C)=O. The number of rotatable bonds is 8. The average molecular weight is 637 g/mol. The highest BCUT2D eigenvalue weighted by Crippen LogP contribution is 2.44. The molecule has 5 rings (SSSR count). The third-order valence-corrected chi connectivity index (χ3v) is 7.63. The monoisotopic (exact) mass is 636 g/mol. The fourth-order valence-corrected chi connectivity index (χ4v) is 5.79. The van der Waals surface area contributed by atoms with Gasteiger partial charge in [-0.1, -0.05) is 48.5 Å². The first-order valence-electron chi connectivity index (χ1n) is 14.4. The Labute approximate surface area is 262 Å². The summed E-state index contributed by atoms with van der Waals surface area (Å²) in [4.78, 5) is 76.4. The fourth-order valence-electron chi connectivity index (χ4n) is 5.79. The molecule has 0 spiro atoms. The van der Waals surface area contributed by atoms with E-state index >= 15 is 0 Å². The third kappa shape index (κ3) is 6.71. The lowest BCUT2D eigenvalue weighted by Crippen LogP contribution is -2.61. The van der Waals surface area contributed by atoms with Crippen LogP contribution in [0.3, 0.4) is 0 Å². The predicted molar refractivity (Wildman–Crippen MR) is 158 cm³/mol. The van der Waals surface area contributed by atoms with Crippen LogP contribution in [0, 0.1) is 6.92 Å². The first-order chi connectivity index (χ1) is 21.9. The molecule has 1 aliphatic heterocycles. The maximum atomic E-state index is 12.9. The summed E-state index contributed by atoms with van der Waals surface area (Å²) in [5, 5.41) is 0. The number of carbonyl (C=O) groups excluding carboxylic acids is 4. The molecule has 14 heteroatoms. The van der Waals surface area contributed by atoms with Gasteiger partial charge in [0.1, 0.15) is 19.3 Å². The van der Waals surface area contributed by atoms with Crippen LogP contribution in [0.4, 0.5) is 4.79 Å². The Morgan fingerprint density at radius 1 is 0.761 bits per heavy atom. The molecule has 0 amide bonds. The Kier molecular flexibility index (Phi) is 9.37. The van der Waals surface area contributed by atoms with Crippen LogP contribution in [-0.4, -0.2) is 71.2 Å². The number of benzene rings is 2. The van der Waals surface area contributed by atoms with Crippen molar-refractivity contribution in [2.24, 2.45) is 0 Å². The Bertz CT molecular complexity index is 1730. The van der Waals surface area contributed by atoms with Gasteiger partial charge in [0, 0.05) is 38.4 Å². The zero-order valence-corrected chi connectivity index (χ0v) is 25.4. The van der Waals surface area contributed by atoms with Gasteiger partial charge >= 0.3 is 29.8 Å². The minimum absolute atomic E-state index is 0.0367. The van der Waals surface area contributed by atoms with Crippen molar-refractivity contribution in [3.63, 3.8) is 0 Å². The van der Waals surface area contributed by atoms with Crippen LogP contribution < -0.4 is 11.2 Å². The lowest BCUT2D eigenvalue weighted by molar-refractivity contribution is -0.268. The van der Waals surface area contributed by atoms with Gasteiger partial charge in [0.15, 0.2) is 24.5 Å². The minimum Gasteiger partial charge on any atom is -0.455 e. The molecule has 1 aliphatic carbocycles. The Morgan fingerprint density at radius 2 is 1.28 bits per heavy atom. The van der Waals surface area contributed by atoms with Gasteiger partial charge in [-0.3, -0.25) is 28.7 Å². The van der Waals surface area contributed by atoms with Crippen molar-refractivity contribution in [2.75, 3.05) is 13.2 Å². The summed E-state index contributed by atoms with van der Waals surface area (Å²) in [5.41, 5.74) is 2.59. The number of aromatic amines is 1. The number of nitrogens with zero attached hydrogens (tertiary/aromatic N) is 1. The maximum Gasteiger partial charge on any atom is 0.508 e. The highest BCUT2D eigenvalue weighted by Gasteiger charge is 2.53. The number of aryl methyl sites for hydroxylation is 1. The minimum atomic E-state index is -1.53. The zero-order valence-electron chi connectivity index (χ0n) is 25.4. The van der Waals surface area contributed by atoms with Crippen LogP contribution in [0.5, 0.6) is 0 Å². The number of fused-ring (bicyclic) bond motifs is 3. The topological polar surface area (TPSA) is 179 Å². The second-order valence-corrected chi connectivity index (χ2v) is 10.9. The Hall–Kier alpha value is -5.24. The second-order valence-electron chi connectivity index (χ2n) is 10.9. The number of ether oxygens (including phenoxy) is 6. The van der Waals surface area contributed by atoms with E-state index in [9.17, 15) is 28.8 Å². The third-order valence-electron chi connectivity index (χ3n) is 7.63. The van der Waals surface area contributed by atoms with E-state index in [4.69, 9.17) is 28.4 Å². The van der Waals surface area contributed by atoms with Crippen LogP contribution in [0.15, 0.2) is 64.3 Å². The molecule has 1 saturated heterocycles. The molecule has 0 unspecified atom stereocenters. The molecule has 1 N–H and O–H groups in total. The van der Waals surface area contributed by atoms with E-state index in [1.807, 2.05) is 48.5 Å². The number of hydrogen-bond donors (Lipinski definition) is 1. The zero-order chi connectivity index (χ0) is 33.1. The summed E-state index contributed by atoms with van der Waals surface area (Å²) in [6.07, 6.45) is -7.26. The molecular formula is C32H32N2O12. The molecule has 14 nitrogen and oxygen atoms in total. The summed E-state index contributed by atoms with van der Waals surface area (Å²) < 4.78 is 34.2. The van der Waals surface area contributed by atoms with Crippen molar-refractivity contribution in [2.45, 2.75) is 64.3 Å². The number of aromatic nitrogens is 2. The smallest absolute Gasteiger partial charge is 0.455 e. The average Bonchev–Trinajstić information content (AvgIpc) is 3.32.